The Hall–Kier alpha value is -3.74. The van der Waals surface area contributed by atoms with E-state index in [9.17, 15) is 19.2 Å². The number of rotatable bonds is 3. The summed E-state index contributed by atoms with van der Waals surface area (Å²) in [5.41, 5.74) is 0.571. The summed E-state index contributed by atoms with van der Waals surface area (Å²) in [5, 5.41) is 0.639. The third kappa shape index (κ3) is 3.20. The minimum atomic E-state index is -1.69. The van der Waals surface area contributed by atoms with Crippen molar-refractivity contribution >= 4 is 58.3 Å². The molecule has 1 spiro atoms. The van der Waals surface area contributed by atoms with Crippen LogP contribution >= 0.6 is 23.2 Å². The summed E-state index contributed by atoms with van der Waals surface area (Å²) in [6, 6.07) is 15.0. The molecule has 1 saturated heterocycles. The maximum Gasteiger partial charge on any atom is 0.308 e. The molecule has 2 heterocycles. The van der Waals surface area contributed by atoms with Gasteiger partial charge in [-0.1, -0.05) is 77.8 Å². The number of benzene rings is 3. The summed E-state index contributed by atoms with van der Waals surface area (Å²) in [7, 11) is 0. The maximum atomic E-state index is 14.4. The number of para-hydroxylation sites is 1. The summed E-state index contributed by atoms with van der Waals surface area (Å²) >= 11 is 12.9. The van der Waals surface area contributed by atoms with Gasteiger partial charge in [-0.2, -0.15) is 0 Å². The molecular formula is C30H21Cl2NO5. The highest BCUT2D eigenvalue weighted by Gasteiger charge is 2.71. The third-order valence-electron chi connectivity index (χ3n) is 7.75. The van der Waals surface area contributed by atoms with Crippen molar-refractivity contribution in [2.45, 2.75) is 31.8 Å². The molecule has 2 aliphatic heterocycles. The van der Waals surface area contributed by atoms with Crippen LogP contribution in [0.2, 0.25) is 10.0 Å². The van der Waals surface area contributed by atoms with Gasteiger partial charge in [0, 0.05) is 39.6 Å². The molecule has 1 fully saturated rings. The zero-order valence-corrected chi connectivity index (χ0v) is 21.9. The van der Waals surface area contributed by atoms with E-state index in [1.54, 1.807) is 71.6 Å². The molecule has 0 N–H and O–H groups in total. The average Bonchev–Trinajstić information content (AvgIpc) is 3.30. The zero-order valence-electron chi connectivity index (χ0n) is 20.4. The van der Waals surface area contributed by atoms with Crippen LogP contribution < -0.4 is 9.64 Å². The van der Waals surface area contributed by atoms with Gasteiger partial charge in [-0.3, -0.25) is 19.2 Å². The van der Waals surface area contributed by atoms with Crippen molar-refractivity contribution < 1.29 is 23.9 Å². The quantitative estimate of drug-likeness (QED) is 0.230. The Morgan fingerprint density at radius 2 is 1.61 bits per heavy atom. The van der Waals surface area contributed by atoms with E-state index in [4.69, 9.17) is 27.9 Å². The lowest BCUT2D eigenvalue weighted by molar-refractivity contribution is -0.131. The number of fused-ring (bicyclic) bond motifs is 5. The van der Waals surface area contributed by atoms with Gasteiger partial charge in [0.1, 0.15) is 5.41 Å². The van der Waals surface area contributed by atoms with E-state index in [-0.39, 0.29) is 28.1 Å². The van der Waals surface area contributed by atoms with E-state index in [1.807, 2.05) is 6.07 Å². The SMILES string of the molecule is CC(=O)Oc1cccc2c1N1[C@@H](C(C)=O)[C@@H](c3ccc(Cl)cc3Cl)C3(C(=O)c4ccccc4C3=O)[C@H]1C=C2. The summed E-state index contributed by atoms with van der Waals surface area (Å²) in [4.78, 5) is 56.2. The predicted octanol–water partition coefficient (Wildman–Crippen LogP) is 5.94. The van der Waals surface area contributed by atoms with Crippen LogP contribution in [0.5, 0.6) is 5.75 Å². The highest BCUT2D eigenvalue weighted by molar-refractivity contribution is 6.36. The first-order valence-electron chi connectivity index (χ1n) is 12.1. The largest absolute Gasteiger partial charge is 0.424 e. The minimum Gasteiger partial charge on any atom is -0.424 e. The van der Waals surface area contributed by atoms with Crippen molar-refractivity contribution in [2.24, 2.45) is 5.41 Å². The first-order chi connectivity index (χ1) is 18.2. The number of Topliss-reactive ketones (excluding diaryl/α,β-unsaturated/α-hetero) is 3. The summed E-state index contributed by atoms with van der Waals surface area (Å²) in [6.45, 7) is 2.72. The van der Waals surface area contributed by atoms with Crippen LogP contribution in [0, 0.1) is 5.41 Å². The highest BCUT2D eigenvalue weighted by atomic mass is 35.5. The molecule has 6 rings (SSSR count). The maximum absolute atomic E-state index is 14.4. The van der Waals surface area contributed by atoms with Gasteiger partial charge in [-0.15, -0.1) is 0 Å². The molecule has 3 atom stereocenters. The number of hydrogen-bond donors (Lipinski definition) is 0. The fraction of sp³-hybridized carbons (Fsp3) is 0.200. The molecule has 0 aromatic heterocycles. The second kappa shape index (κ2) is 8.65. The van der Waals surface area contributed by atoms with E-state index in [0.717, 1.165) is 0 Å². The molecule has 0 radical (unpaired) electrons. The van der Waals surface area contributed by atoms with Gasteiger partial charge in [0.15, 0.2) is 23.1 Å². The standard InChI is InChI=1S/C30H21Cl2NO5/c1-15(34)26-25(21-12-11-18(31)14-22(21)32)30(28(36)19-7-3-4-8-20(19)29(30)37)24-13-10-17-6-5-9-23(38-16(2)35)27(17)33(24)26/h3-14,24-26H,1-2H3/t24-,25-,26+/m1/s1. The normalized spacial score (nSPS) is 22.3. The van der Waals surface area contributed by atoms with Crippen molar-refractivity contribution in [2.75, 3.05) is 4.90 Å². The number of ketones is 3. The van der Waals surface area contributed by atoms with E-state index >= 15 is 0 Å². The third-order valence-corrected chi connectivity index (χ3v) is 8.32. The number of ether oxygens (including phenoxy) is 1. The van der Waals surface area contributed by atoms with E-state index in [2.05, 4.69) is 0 Å². The van der Waals surface area contributed by atoms with Gasteiger partial charge in [0.25, 0.3) is 0 Å². The van der Waals surface area contributed by atoms with Crippen LogP contribution in [0.3, 0.4) is 0 Å². The monoisotopic (exact) mass is 545 g/mol. The van der Waals surface area contributed by atoms with Gasteiger partial charge in [0.2, 0.25) is 0 Å². The molecule has 190 valence electrons. The molecule has 3 aromatic carbocycles. The van der Waals surface area contributed by atoms with Crippen LogP contribution in [0.1, 0.15) is 51.6 Å². The van der Waals surface area contributed by atoms with Crippen molar-refractivity contribution in [3.63, 3.8) is 0 Å². The molecule has 0 bridgehead atoms. The number of esters is 1. The van der Waals surface area contributed by atoms with Crippen molar-refractivity contribution in [3.8, 4) is 5.75 Å². The Balaban J connectivity index is 1.70. The zero-order chi connectivity index (χ0) is 26.9. The smallest absolute Gasteiger partial charge is 0.308 e. The molecular weight excluding hydrogens is 525 g/mol. The van der Waals surface area contributed by atoms with E-state index in [1.165, 1.54) is 13.8 Å². The number of nitrogens with zero attached hydrogens (tertiary/aromatic N) is 1. The lowest BCUT2D eigenvalue weighted by atomic mass is 9.64. The molecule has 0 amide bonds. The van der Waals surface area contributed by atoms with Crippen molar-refractivity contribution in [3.05, 3.63) is 99.0 Å². The first kappa shape index (κ1) is 24.6. The van der Waals surface area contributed by atoms with E-state index in [0.29, 0.717) is 33.0 Å². The Labute approximate surface area is 228 Å². The number of halogens is 2. The fourth-order valence-corrected chi connectivity index (χ4v) is 7.00. The molecule has 6 nitrogen and oxygen atoms in total. The fourth-order valence-electron chi connectivity index (χ4n) is 6.47. The molecule has 3 aromatic rings. The second-order valence-electron chi connectivity index (χ2n) is 9.77. The summed E-state index contributed by atoms with van der Waals surface area (Å²) in [5.74, 6) is -2.24. The number of carbonyl (C=O) groups excluding carboxylic acids is 4. The Kier molecular flexibility index (Phi) is 5.60. The molecule has 0 saturated carbocycles. The molecule has 0 unspecified atom stereocenters. The van der Waals surface area contributed by atoms with Gasteiger partial charge in [-0.25, -0.2) is 0 Å². The highest BCUT2D eigenvalue weighted by Crippen LogP contribution is 2.62. The molecule has 38 heavy (non-hydrogen) atoms. The van der Waals surface area contributed by atoms with Crippen LogP contribution in [0.4, 0.5) is 5.69 Å². The molecule has 1 aliphatic carbocycles. The Morgan fingerprint density at radius 3 is 2.21 bits per heavy atom. The summed E-state index contributed by atoms with van der Waals surface area (Å²) in [6.07, 6.45) is 3.60. The minimum absolute atomic E-state index is 0.240. The van der Waals surface area contributed by atoms with Crippen LogP contribution in [-0.4, -0.2) is 35.4 Å². The van der Waals surface area contributed by atoms with Crippen LogP contribution in [0.25, 0.3) is 6.08 Å². The lowest BCUT2D eigenvalue weighted by Gasteiger charge is -2.37. The second-order valence-corrected chi connectivity index (χ2v) is 10.6. The van der Waals surface area contributed by atoms with Crippen LogP contribution in [0.15, 0.2) is 66.7 Å². The first-order valence-corrected chi connectivity index (χ1v) is 12.9. The Bertz CT molecular complexity index is 1570. The topological polar surface area (TPSA) is 80.8 Å². The summed E-state index contributed by atoms with van der Waals surface area (Å²) < 4.78 is 5.56. The van der Waals surface area contributed by atoms with Crippen molar-refractivity contribution in [1.82, 2.24) is 0 Å². The van der Waals surface area contributed by atoms with Gasteiger partial charge in [-0.05, 0) is 30.7 Å². The van der Waals surface area contributed by atoms with Crippen molar-refractivity contribution in [1.29, 1.82) is 0 Å². The molecule has 8 heteroatoms. The number of hydrogen-bond acceptors (Lipinski definition) is 6. The predicted molar refractivity (Wildman–Crippen MR) is 144 cm³/mol. The van der Waals surface area contributed by atoms with Gasteiger partial charge < -0.3 is 9.64 Å². The van der Waals surface area contributed by atoms with Gasteiger partial charge in [0.05, 0.1) is 17.8 Å². The number of anilines is 1. The molecule has 3 aliphatic rings. The average molecular weight is 546 g/mol. The van der Waals surface area contributed by atoms with E-state index < -0.39 is 29.4 Å². The van der Waals surface area contributed by atoms with Gasteiger partial charge >= 0.3 is 5.97 Å². The lowest BCUT2D eigenvalue weighted by Crippen LogP contribution is -2.48. The Morgan fingerprint density at radius 1 is 0.921 bits per heavy atom. The van der Waals surface area contributed by atoms with Crippen LogP contribution in [-0.2, 0) is 9.59 Å². The number of carbonyl (C=O) groups is 4.